The van der Waals surface area contributed by atoms with Gasteiger partial charge in [0.15, 0.2) is 0 Å². The Bertz CT molecular complexity index is 537. The van der Waals surface area contributed by atoms with Crippen molar-refractivity contribution in [3.05, 3.63) is 42.5 Å². The van der Waals surface area contributed by atoms with Crippen molar-refractivity contribution in [1.82, 2.24) is 0 Å². The smallest absolute Gasteiger partial charge is 0.120 e. The van der Waals surface area contributed by atoms with Crippen LogP contribution >= 0.6 is 23.5 Å². The van der Waals surface area contributed by atoms with Crippen LogP contribution in [0.15, 0.2) is 62.0 Å². The molecular weight excluding hydrogens is 236 g/mol. The van der Waals surface area contributed by atoms with E-state index >= 15 is 0 Å². The van der Waals surface area contributed by atoms with E-state index in [2.05, 4.69) is 36.4 Å². The molecule has 0 unspecified atom stereocenters. The van der Waals surface area contributed by atoms with Crippen molar-refractivity contribution in [2.45, 2.75) is 19.6 Å². The SMILES string of the molecule is COc1ccc2c(c1)Sc1ccccc1S2. The highest BCUT2D eigenvalue weighted by molar-refractivity contribution is 8.05. The van der Waals surface area contributed by atoms with Crippen LogP contribution in [-0.4, -0.2) is 7.11 Å². The fraction of sp³-hybridized carbons (Fsp3) is 0.0769. The molecule has 1 heterocycles. The zero-order valence-electron chi connectivity index (χ0n) is 8.77. The molecule has 3 rings (SSSR count). The second-order valence-electron chi connectivity index (χ2n) is 3.46. The van der Waals surface area contributed by atoms with Gasteiger partial charge in [0, 0.05) is 19.6 Å². The molecule has 0 atom stereocenters. The highest BCUT2D eigenvalue weighted by Gasteiger charge is 2.16. The normalized spacial score (nSPS) is 12.8. The van der Waals surface area contributed by atoms with Gasteiger partial charge in [-0.05, 0) is 30.3 Å². The Morgan fingerprint density at radius 1 is 0.812 bits per heavy atom. The Kier molecular flexibility index (Phi) is 2.58. The third-order valence-electron chi connectivity index (χ3n) is 2.44. The van der Waals surface area contributed by atoms with E-state index in [4.69, 9.17) is 4.74 Å². The van der Waals surface area contributed by atoms with Gasteiger partial charge < -0.3 is 4.74 Å². The van der Waals surface area contributed by atoms with Crippen molar-refractivity contribution in [2.75, 3.05) is 7.11 Å². The number of rotatable bonds is 1. The number of methoxy groups -OCH3 is 1. The Balaban J connectivity index is 2.05. The second-order valence-corrected chi connectivity index (χ2v) is 5.63. The summed E-state index contributed by atoms with van der Waals surface area (Å²) in [5, 5.41) is 0. The first-order chi connectivity index (χ1) is 7.86. The molecule has 0 amide bonds. The first-order valence-electron chi connectivity index (χ1n) is 4.99. The van der Waals surface area contributed by atoms with Gasteiger partial charge in [0.25, 0.3) is 0 Å². The van der Waals surface area contributed by atoms with E-state index in [1.165, 1.54) is 19.6 Å². The van der Waals surface area contributed by atoms with Crippen molar-refractivity contribution in [2.24, 2.45) is 0 Å². The Hall–Kier alpha value is -1.06. The quantitative estimate of drug-likeness (QED) is 0.633. The zero-order chi connectivity index (χ0) is 11.0. The van der Waals surface area contributed by atoms with Crippen LogP contribution < -0.4 is 4.74 Å². The van der Waals surface area contributed by atoms with Gasteiger partial charge in [-0.15, -0.1) is 0 Å². The summed E-state index contributed by atoms with van der Waals surface area (Å²) < 4.78 is 5.25. The lowest BCUT2D eigenvalue weighted by molar-refractivity contribution is 0.413. The molecule has 0 radical (unpaired) electrons. The van der Waals surface area contributed by atoms with Crippen LogP contribution in [0.2, 0.25) is 0 Å². The average molecular weight is 246 g/mol. The van der Waals surface area contributed by atoms with Gasteiger partial charge in [0.05, 0.1) is 7.11 Å². The molecule has 0 saturated carbocycles. The van der Waals surface area contributed by atoms with E-state index < -0.39 is 0 Å². The van der Waals surface area contributed by atoms with Gasteiger partial charge >= 0.3 is 0 Å². The Morgan fingerprint density at radius 3 is 2.12 bits per heavy atom. The van der Waals surface area contributed by atoms with E-state index in [0.717, 1.165) is 5.75 Å². The minimum Gasteiger partial charge on any atom is -0.497 e. The molecule has 0 aromatic heterocycles. The van der Waals surface area contributed by atoms with Crippen LogP contribution in [0.5, 0.6) is 5.75 Å². The fourth-order valence-electron chi connectivity index (χ4n) is 1.64. The lowest BCUT2D eigenvalue weighted by atomic mass is 10.3. The monoisotopic (exact) mass is 246 g/mol. The van der Waals surface area contributed by atoms with Crippen molar-refractivity contribution in [3.63, 3.8) is 0 Å². The van der Waals surface area contributed by atoms with Gasteiger partial charge in [0.2, 0.25) is 0 Å². The lowest BCUT2D eigenvalue weighted by Gasteiger charge is -2.18. The summed E-state index contributed by atoms with van der Waals surface area (Å²) >= 11 is 3.64. The minimum atomic E-state index is 0.922. The van der Waals surface area contributed by atoms with Gasteiger partial charge in [-0.3, -0.25) is 0 Å². The number of fused-ring (bicyclic) bond motifs is 2. The zero-order valence-corrected chi connectivity index (χ0v) is 10.4. The van der Waals surface area contributed by atoms with E-state index in [-0.39, 0.29) is 0 Å². The average Bonchev–Trinajstić information content (AvgIpc) is 2.35. The minimum absolute atomic E-state index is 0.922. The molecule has 2 aromatic rings. The first kappa shape index (κ1) is 10.1. The maximum Gasteiger partial charge on any atom is 0.120 e. The third kappa shape index (κ3) is 1.70. The van der Waals surface area contributed by atoms with E-state index in [0.29, 0.717) is 0 Å². The van der Waals surface area contributed by atoms with Gasteiger partial charge in [-0.2, -0.15) is 0 Å². The molecule has 1 nitrogen and oxygen atoms in total. The molecule has 0 bridgehead atoms. The summed E-state index contributed by atoms with van der Waals surface area (Å²) in [6.07, 6.45) is 0. The summed E-state index contributed by atoms with van der Waals surface area (Å²) in [4.78, 5) is 5.26. The maximum atomic E-state index is 5.25. The highest BCUT2D eigenvalue weighted by atomic mass is 32.2. The molecular formula is C13H10OS2. The predicted octanol–water partition coefficient (Wildman–Crippen LogP) is 4.31. The molecule has 80 valence electrons. The first-order valence-corrected chi connectivity index (χ1v) is 6.63. The fourth-order valence-corrected chi connectivity index (χ4v) is 3.88. The molecule has 0 aliphatic carbocycles. The largest absolute Gasteiger partial charge is 0.497 e. The summed E-state index contributed by atoms with van der Waals surface area (Å²) in [5.74, 6) is 0.922. The van der Waals surface area contributed by atoms with Crippen molar-refractivity contribution in [3.8, 4) is 5.75 Å². The molecule has 1 aliphatic heterocycles. The van der Waals surface area contributed by atoms with Crippen LogP contribution in [0.25, 0.3) is 0 Å². The standard InChI is InChI=1S/C13H10OS2/c1-14-9-6-7-12-13(8-9)16-11-5-3-2-4-10(11)15-12/h2-8H,1H3. The van der Waals surface area contributed by atoms with Crippen molar-refractivity contribution < 1.29 is 4.74 Å². The van der Waals surface area contributed by atoms with Crippen LogP contribution in [0.3, 0.4) is 0 Å². The van der Waals surface area contributed by atoms with Gasteiger partial charge in [-0.1, -0.05) is 35.7 Å². The molecule has 0 fully saturated rings. The molecule has 0 spiro atoms. The molecule has 0 N–H and O–H groups in total. The second kappa shape index (κ2) is 4.07. The summed E-state index contributed by atoms with van der Waals surface area (Å²) in [7, 11) is 1.70. The molecule has 16 heavy (non-hydrogen) atoms. The van der Waals surface area contributed by atoms with Crippen LogP contribution in [0, 0.1) is 0 Å². The molecule has 2 aromatic carbocycles. The van der Waals surface area contributed by atoms with Gasteiger partial charge in [0.1, 0.15) is 5.75 Å². The third-order valence-corrected chi connectivity index (χ3v) is 4.98. The highest BCUT2D eigenvalue weighted by Crippen LogP contribution is 2.48. The van der Waals surface area contributed by atoms with Crippen molar-refractivity contribution >= 4 is 23.5 Å². The lowest BCUT2D eigenvalue weighted by Crippen LogP contribution is -1.90. The Morgan fingerprint density at radius 2 is 1.44 bits per heavy atom. The van der Waals surface area contributed by atoms with E-state index in [1.807, 2.05) is 29.6 Å². The molecule has 3 heteroatoms. The van der Waals surface area contributed by atoms with E-state index in [1.54, 1.807) is 7.11 Å². The number of hydrogen-bond acceptors (Lipinski definition) is 3. The topological polar surface area (TPSA) is 9.23 Å². The predicted molar refractivity (Wildman–Crippen MR) is 67.7 cm³/mol. The van der Waals surface area contributed by atoms with Crippen molar-refractivity contribution in [1.29, 1.82) is 0 Å². The number of benzene rings is 2. The van der Waals surface area contributed by atoms with Crippen LogP contribution in [0.1, 0.15) is 0 Å². The van der Waals surface area contributed by atoms with Crippen LogP contribution in [-0.2, 0) is 0 Å². The summed E-state index contributed by atoms with van der Waals surface area (Å²) in [6, 6.07) is 14.7. The van der Waals surface area contributed by atoms with Gasteiger partial charge in [-0.25, -0.2) is 0 Å². The Labute approximate surface area is 103 Å². The summed E-state index contributed by atoms with van der Waals surface area (Å²) in [6.45, 7) is 0. The van der Waals surface area contributed by atoms with Crippen LogP contribution in [0.4, 0.5) is 0 Å². The number of ether oxygens (including phenoxy) is 1. The maximum absolute atomic E-state index is 5.25. The van der Waals surface area contributed by atoms with E-state index in [9.17, 15) is 0 Å². The number of hydrogen-bond donors (Lipinski definition) is 0. The molecule has 0 saturated heterocycles. The summed E-state index contributed by atoms with van der Waals surface area (Å²) in [5.41, 5.74) is 0. The molecule has 1 aliphatic rings.